The predicted molar refractivity (Wildman–Crippen MR) is 80.5 cm³/mol. The normalized spacial score (nSPS) is 10.1. The molecule has 2 rings (SSSR count). The van der Waals surface area contributed by atoms with Crippen LogP contribution in [0.1, 0.15) is 11.3 Å². The molecule has 4 heteroatoms. The van der Waals surface area contributed by atoms with Crippen LogP contribution in [-0.4, -0.2) is 10.9 Å². The molecular formula is C14H13IN2O. The van der Waals surface area contributed by atoms with E-state index in [9.17, 15) is 4.79 Å². The maximum atomic E-state index is 11.9. The highest BCUT2D eigenvalue weighted by molar-refractivity contribution is 14.1. The minimum Gasteiger partial charge on any atom is -0.325 e. The van der Waals surface area contributed by atoms with Crippen molar-refractivity contribution < 1.29 is 4.79 Å². The predicted octanol–water partition coefficient (Wildman–Crippen LogP) is 3.18. The first-order valence-electron chi connectivity index (χ1n) is 5.61. The van der Waals surface area contributed by atoms with Gasteiger partial charge in [0, 0.05) is 9.77 Å². The number of halogens is 1. The van der Waals surface area contributed by atoms with E-state index < -0.39 is 0 Å². The summed E-state index contributed by atoms with van der Waals surface area (Å²) in [6, 6.07) is 11.5. The maximum Gasteiger partial charge on any atom is 0.230 e. The van der Waals surface area contributed by atoms with Gasteiger partial charge in [0.25, 0.3) is 0 Å². The second-order valence-electron chi connectivity index (χ2n) is 3.97. The first kappa shape index (κ1) is 13.0. The Bertz CT molecular complexity index is 520. The van der Waals surface area contributed by atoms with Crippen LogP contribution in [0.15, 0.2) is 42.6 Å². The fourth-order valence-corrected chi connectivity index (χ4v) is 2.13. The minimum absolute atomic E-state index is 0.0408. The molecular weight excluding hydrogens is 339 g/mol. The average Bonchev–Trinajstić information content (AvgIpc) is 2.35. The standard InChI is InChI=1S/C14H13IN2O/c1-10-5-4-8-16-13(10)9-14(18)17-12-7-3-2-6-11(12)15/h2-8H,9H2,1H3,(H,17,18). The third-order valence-corrected chi connectivity index (χ3v) is 3.53. The first-order valence-corrected chi connectivity index (χ1v) is 6.69. The van der Waals surface area contributed by atoms with Gasteiger partial charge in [-0.3, -0.25) is 9.78 Å². The van der Waals surface area contributed by atoms with E-state index in [1.807, 2.05) is 43.3 Å². The van der Waals surface area contributed by atoms with Gasteiger partial charge in [-0.05, 0) is 53.3 Å². The first-order chi connectivity index (χ1) is 8.66. The van der Waals surface area contributed by atoms with E-state index in [1.165, 1.54) is 0 Å². The summed E-state index contributed by atoms with van der Waals surface area (Å²) in [4.78, 5) is 16.2. The number of pyridine rings is 1. The van der Waals surface area contributed by atoms with Crippen LogP contribution in [0.5, 0.6) is 0 Å². The van der Waals surface area contributed by atoms with Crippen LogP contribution in [0.2, 0.25) is 0 Å². The zero-order chi connectivity index (χ0) is 13.0. The molecule has 0 fully saturated rings. The highest BCUT2D eigenvalue weighted by Gasteiger charge is 2.08. The molecule has 3 nitrogen and oxygen atoms in total. The van der Waals surface area contributed by atoms with Gasteiger partial charge in [0.1, 0.15) is 0 Å². The number of benzene rings is 1. The van der Waals surface area contributed by atoms with Crippen molar-refractivity contribution in [1.82, 2.24) is 4.98 Å². The number of hydrogen-bond donors (Lipinski definition) is 1. The van der Waals surface area contributed by atoms with E-state index in [2.05, 4.69) is 32.9 Å². The number of amides is 1. The van der Waals surface area contributed by atoms with E-state index in [0.29, 0.717) is 6.42 Å². The second-order valence-corrected chi connectivity index (χ2v) is 5.13. The molecule has 0 aliphatic carbocycles. The number of rotatable bonds is 3. The summed E-state index contributed by atoms with van der Waals surface area (Å²) in [5.74, 6) is -0.0408. The molecule has 0 atom stereocenters. The molecule has 0 saturated carbocycles. The average molecular weight is 352 g/mol. The molecule has 1 N–H and O–H groups in total. The molecule has 0 bridgehead atoms. The van der Waals surface area contributed by atoms with Gasteiger partial charge < -0.3 is 5.32 Å². The lowest BCUT2D eigenvalue weighted by Gasteiger charge is -2.08. The van der Waals surface area contributed by atoms with Crippen molar-refractivity contribution in [2.24, 2.45) is 0 Å². The lowest BCUT2D eigenvalue weighted by Crippen LogP contribution is -2.16. The number of aromatic nitrogens is 1. The molecule has 0 spiro atoms. The lowest BCUT2D eigenvalue weighted by molar-refractivity contribution is -0.115. The van der Waals surface area contributed by atoms with Crippen LogP contribution in [0.25, 0.3) is 0 Å². The summed E-state index contributed by atoms with van der Waals surface area (Å²) >= 11 is 2.20. The van der Waals surface area contributed by atoms with Crippen molar-refractivity contribution in [1.29, 1.82) is 0 Å². The molecule has 0 radical (unpaired) electrons. The lowest BCUT2D eigenvalue weighted by atomic mass is 10.1. The number of para-hydroxylation sites is 1. The zero-order valence-corrected chi connectivity index (χ0v) is 12.1. The number of hydrogen-bond acceptors (Lipinski definition) is 2. The minimum atomic E-state index is -0.0408. The molecule has 1 aromatic heterocycles. The van der Waals surface area contributed by atoms with Gasteiger partial charge in [0.2, 0.25) is 5.91 Å². The number of aryl methyl sites for hydroxylation is 1. The maximum absolute atomic E-state index is 11.9. The molecule has 2 aromatic rings. The number of carbonyl (C=O) groups is 1. The zero-order valence-electron chi connectivity index (χ0n) is 9.98. The summed E-state index contributed by atoms with van der Waals surface area (Å²) in [6.07, 6.45) is 2.01. The molecule has 1 amide bonds. The molecule has 0 aliphatic heterocycles. The van der Waals surface area contributed by atoms with Gasteiger partial charge in [-0.25, -0.2) is 0 Å². The second kappa shape index (κ2) is 5.95. The third kappa shape index (κ3) is 3.29. The van der Waals surface area contributed by atoms with Gasteiger partial charge >= 0.3 is 0 Å². The Balaban J connectivity index is 2.06. The topological polar surface area (TPSA) is 42.0 Å². The number of carbonyl (C=O) groups excluding carboxylic acids is 1. The smallest absolute Gasteiger partial charge is 0.230 e. The Labute approximate surface area is 120 Å². The van der Waals surface area contributed by atoms with Gasteiger partial charge in [-0.2, -0.15) is 0 Å². The van der Waals surface area contributed by atoms with Crippen LogP contribution in [0.4, 0.5) is 5.69 Å². The van der Waals surface area contributed by atoms with Crippen LogP contribution in [-0.2, 0) is 11.2 Å². The Kier molecular flexibility index (Phi) is 4.30. The van der Waals surface area contributed by atoms with Crippen molar-refractivity contribution in [2.45, 2.75) is 13.3 Å². The molecule has 0 unspecified atom stereocenters. The van der Waals surface area contributed by atoms with Crippen molar-refractivity contribution in [3.63, 3.8) is 0 Å². The van der Waals surface area contributed by atoms with Crippen molar-refractivity contribution in [3.8, 4) is 0 Å². The summed E-state index contributed by atoms with van der Waals surface area (Å²) in [7, 11) is 0. The third-order valence-electron chi connectivity index (χ3n) is 2.59. The van der Waals surface area contributed by atoms with E-state index in [0.717, 1.165) is 20.5 Å². The number of nitrogens with one attached hydrogen (secondary N) is 1. The largest absolute Gasteiger partial charge is 0.325 e. The van der Waals surface area contributed by atoms with E-state index in [4.69, 9.17) is 0 Å². The summed E-state index contributed by atoms with van der Waals surface area (Å²) in [6.45, 7) is 1.96. The van der Waals surface area contributed by atoms with Crippen molar-refractivity contribution in [3.05, 3.63) is 57.4 Å². The SMILES string of the molecule is Cc1cccnc1CC(=O)Nc1ccccc1I. The number of anilines is 1. The Morgan fingerprint density at radius 1 is 1.28 bits per heavy atom. The van der Waals surface area contributed by atoms with E-state index in [-0.39, 0.29) is 5.91 Å². The van der Waals surface area contributed by atoms with Crippen LogP contribution >= 0.6 is 22.6 Å². The Hall–Kier alpha value is -1.43. The summed E-state index contributed by atoms with van der Waals surface area (Å²) in [5, 5.41) is 2.90. The summed E-state index contributed by atoms with van der Waals surface area (Å²) in [5.41, 5.74) is 2.70. The highest BCUT2D eigenvalue weighted by atomic mass is 127. The quantitative estimate of drug-likeness (QED) is 0.863. The van der Waals surface area contributed by atoms with Crippen molar-refractivity contribution in [2.75, 3.05) is 5.32 Å². The van der Waals surface area contributed by atoms with Crippen LogP contribution in [0, 0.1) is 10.5 Å². The van der Waals surface area contributed by atoms with Gasteiger partial charge in [0.05, 0.1) is 17.8 Å². The Morgan fingerprint density at radius 2 is 2.06 bits per heavy atom. The summed E-state index contributed by atoms with van der Waals surface area (Å²) < 4.78 is 1.03. The van der Waals surface area contributed by atoms with Gasteiger partial charge in [0.15, 0.2) is 0 Å². The number of nitrogens with zero attached hydrogens (tertiary/aromatic N) is 1. The van der Waals surface area contributed by atoms with Gasteiger partial charge in [-0.1, -0.05) is 18.2 Å². The highest BCUT2D eigenvalue weighted by Crippen LogP contribution is 2.17. The van der Waals surface area contributed by atoms with E-state index in [1.54, 1.807) is 6.20 Å². The molecule has 0 aliphatic rings. The Morgan fingerprint density at radius 3 is 2.78 bits per heavy atom. The molecule has 92 valence electrons. The van der Waals surface area contributed by atoms with Gasteiger partial charge in [-0.15, -0.1) is 0 Å². The molecule has 0 saturated heterocycles. The fourth-order valence-electron chi connectivity index (χ4n) is 1.61. The fraction of sp³-hybridized carbons (Fsp3) is 0.143. The molecule has 1 aromatic carbocycles. The molecule has 18 heavy (non-hydrogen) atoms. The monoisotopic (exact) mass is 352 g/mol. The van der Waals surface area contributed by atoms with E-state index >= 15 is 0 Å². The van der Waals surface area contributed by atoms with Crippen LogP contribution in [0.3, 0.4) is 0 Å². The van der Waals surface area contributed by atoms with Crippen molar-refractivity contribution >= 4 is 34.2 Å². The van der Waals surface area contributed by atoms with Crippen LogP contribution < -0.4 is 5.32 Å². The molecule has 1 heterocycles.